The Morgan fingerprint density at radius 2 is 1.60 bits per heavy atom. The van der Waals surface area contributed by atoms with Crippen LogP contribution in [0.2, 0.25) is 0 Å². The van der Waals surface area contributed by atoms with E-state index in [0.717, 1.165) is 66.4 Å². The first-order chi connectivity index (χ1) is 24.2. The number of phenols is 1. The van der Waals surface area contributed by atoms with Crippen molar-refractivity contribution in [2.75, 3.05) is 45.9 Å². The Bertz CT molecular complexity index is 1520. The van der Waals surface area contributed by atoms with Gasteiger partial charge in [-0.3, -0.25) is 0 Å². The Morgan fingerprint density at radius 1 is 0.900 bits per heavy atom. The van der Waals surface area contributed by atoms with Gasteiger partial charge in [0.05, 0.1) is 52.2 Å². The maximum absolute atomic E-state index is 12.0. The van der Waals surface area contributed by atoms with Gasteiger partial charge in [-0.15, -0.1) is 0 Å². The van der Waals surface area contributed by atoms with Crippen LogP contribution in [-0.2, 0) is 23.6 Å². The Labute approximate surface area is 297 Å². The van der Waals surface area contributed by atoms with Crippen molar-refractivity contribution in [1.29, 1.82) is 0 Å². The normalized spacial score (nSPS) is 24.6. The number of aliphatic hydroxyl groups excluding tert-OH is 3. The monoisotopic (exact) mass is 689 g/mol. The predicted octanol–water partition coefficient (Wildman–Crippen LogP) is 5.23. The van der Waals surface area contributed by atoms with Gasteiger partial charge in [0.15, 0.2) is 0 Å². The van der Waals surface area contributed by atoms with Crippen LogP contribution in [0.25, 0.3) is 0 Å². The summed E-state index contributed by atoms with van der Waals surface area (Å²) < 4.78 is 14.0. The summed E-state index contributed by atoms with van der Waals surface area (Å²) in [5, 5.41) is 55.5. The van der Waals surface area contributed by atoms with E-state index in [2.05, 4.69) is 17.4 Å². The maximum Gasteiger partial charge on any atom is 0.124 e. The molecule has 0 amide bonds. The van der Waals surface area contributed by atoms with E-state index >= 15 is 0 Å². The summed E-state index contributed by atoms with van der Waals surface area (Å²) in [6.45, 7) is 7.14. The highest BCUT2D eigenvalue weighted by Crippen LogP contribution is 2.43. The number of ether oxygens (including phenoxy) is 2. The van der Waals surface area contributed by atoms with Crippen LogP contribution in [0.5, 0.6) is 11.5 Å². The zero-order valence-electron chi connectivity index (χ0n) is 29.6. The molecule has 6 N–H and O–H groups in total. The second-order valence-corrected chi connectivity index (χ2v) is 15.1. The summed E-state index contributed by atoms with van der Waals surface area (Å²) in [7, 11) is 0. The van der Waals surface area contributed by atoms with Crippen LogP contribution in [0.4, 0.5) is 0 Å². The second-order valence-electron chi connectivity index (χ2n) is 15.1. The molecule has 3 aromatic carbocycles. The first-order valence-electron chi connectivity index (χ1n) is 18.7. The molecule has 1 aliphatic carbocycles. The zero-order valence-corrected chi connectivity index (χ0v) is 29.6. The molecule has 4 fully saturated rings. The van der Waals surface area contributed by atoms with Gasteiger partial charge in [0.25, 0.3) is 0 Å². The molecular formula is C41H57N2O7+. The van der Waals surface area contributed by atoms with Gasteiger partial charge in [0.1, 0.15) is 29.7 Å². The minimum atomic E-state index is -0.934. The Morgan fingerprint density at radius 3 is 2.32 bits per heavy atom. The van der Waals surface area contributed by atoms with E-state index in [1.807, 2.05) is 43.3 Å². The average molecular weight is 690 g/mol. The number of nitrogens with zero attached hydrogens (tertiary/aromatic N) is 1. The van der Waals surface area contributed by atoms with Gasteiger partial charge in [-0.1, -0.05) is 55.3 Å². The molecule has 272 valence electrons. The third-order valence-corrected chi connectivity index (χ3v) is 11.9. The summed E-state index contributed by atoms with van der Waals surface area (Å²) in [4.78, 5) is 0. The molecule has 3 aliphatic heterocycles. The van der Waals surface area contributed by atoms with Gasteiger partial charge in [0, 0.05) is 48.9 Å². The molecule has 4 atom stereocenters. The van der Waals surface area contributed by atoms with Crippen molar-refractivity contribution in [2.24, 2.45) is 11.8 Å². The van der Waals surface area contributed by atoms with E-state index < -0.39 is 11.7 Å². The fourth-order valence-electron chi connectivity index (χ4n) is 8.70. The Hall–Kier alpha value is -3.02. The van der Waals surface area contributed by atoms with E-state index in [1.54, 1.807) is 12.1 Å². The highest BCUT2D eigenvalue weighted by molar-refractivity contribution is 5.39. The van der Waals surface area contributed by atoms with Gasteiger partial charge in [0.2, 0.25) is 0 Å². The molecule has 9 nitrogen and oxygen atoms in total. The highest BCUT2D eigenvalue weighted by Gasteiger charge is 2.48. The van der Waals surface area contributed by atoms with Crippen LogP contribution in [-0.4, -0.2) is 82.1 Å². The van der Waals surface area contributed by atoms with Crippen LogP contribution in [0.3, 0.4) is 0 Å². The Kier molecular flexibility index (Phi) is 12.2. The number of hydrogen-bond acceptors (Lipinski definition) is 8. The molecule has 3 heterocycles. The summed E-state index contributed by atoms with van der Waals surface area (Å²) in [6.07, 6.45) is 7.05. The molecule has 0 unspecified atom stereocenters. The second kappa shape index (κ2) is 16.5. The lowest BCUT2D eigenvalue weighted by molar-refractivity contribution is -0.946. The lowest BCUT2D eigenvalue weighted by Crippen LogP contribution is -2.65. The van der Waals surface area contributed by atoms with Crippen LogP contribution in [0.15, 0.2) is 66.7 Å². The van der Waals surface area contributed by atoms with Crippen molar-refractivity contribution in [3.63, 3.8) is 0 Å². The topological polar surface area (TPSA) is 132 Å². The zero-order chi connectivity index (χ0) is 35.1. The standard InChI is InChI=1S/C41H56N2O7/c1-29(42-24-38(47)32-12-14-37(46)33(23-32)26-44)31-13-15-39(34(22-31)27-45)49-21-7-18-43-19-16-30(17-20-43)40(25-43)50-28-41(48,36-10-5-6-11-36)35-8-3-2-4-9-35/h2-4,8-9,12-15,22-23,29-30,36,38,40,42,44-45,47-48H,5-7,10-11,16-21,24-28H2,1H3/p+1/t29-,30?,38-,40-,41+,43?/m0/s1. The number of piperidine rings is 3. The molecule has 2 bridgehead atoms. The van der Waals surface area contributed by atoms with E-state index in [1.165, 1.54) is 32.0 Å². The van der Waals surface area contributed by atoms with Crippen molar-refractivity contribution in [1.82, 2.24) is 5.32 Å². The molecule has 0 spiro atoms. The number of hydrogen-bond donors (Lipinski definition) is 6. The number of nitrogens with one attached hydrogen (secondary N) is 1. The number of benzene rings is 3. The summed E-state index contributed by atoms with van der Waals surface area (Å²) >= 11 is 0. The van der Waals surface area contributed by atoms with Crippen molar-refractivity contribution in [3.05, 3.63) is 94.5 Å². The smallest absolute Gasteiger partial charge is 0.124 e. The molecule has 0 radical (unpaired) electrons. The summed E-state index contributed by atoms with van der Waals surface area (Å²) in [5.74, 6) is 1.50. The van der Waals surface area contributed by atoms with E-state index in [4.69, 9.17) is 9.47 Å². The third-order valence-electron chi connectivity index (χ3n) is 11.9. The van der Waals surface area contributed by atoms with Gasteiger partial charge < -0.3 is 44.8 Å². The molecule has 3 aromatic rings. The van der Waals surface area contributed by atoms with Crippen LogP contribution >= 0.6 is 0 Å². The summed E-state index contributed by atoms with van der Waals surface area (Å²) in [6, 6.07) is 20.7. The molecule has 7 rings (SSSR count). The van der Waals surface area contributed by atoms with Crippen molar-refractivity contribution >= 4 is 0 Å². The maximum atomic E-state index is 12.0. The highest BCUT2D eigenvalue weighted by atomic mass is 16.5. The first-order valence-corrected chi connectivity index (χ1v) is 18.7. The SMILES string of the molecule is C[C@H](NC[C@H](O)c1ccc(O)c(CO)c1)c1ccc(OCCC[N+]23CCC(CC2)[C@@H](OC[C@@](O)(c2ccccc2)C2CCCC2)C3)c(CO)c1. The number of aromatic hydroxyl groups is 1. The Balaban J connectivity index is 0.990. The largest absolute Gasteiger partial charge is 0.508 e. The predicted molar refractivity (Wildman–Crippen MR) is 192 cm³/mol. The van der Waals surface area contributed by atoms with Gasteiger partial charge >= 0.3 is 0 Å². The number of fused-ring (bicyclic) bond motifs is 3. The van der Waals surface area contributed by atoms with Gasteiger partial charge in [-0.2, -0.15) is 0 Å². The van der Waals surface area contributed by atoms with E-state index in [9.17, 15) is 25.5 Å². The minimum Gasteiger partial charge on any atom is -0.508 e. The molecule has 50 heavy (non-hydrogen) atoms. The lowest BCUT2D eigenvalue weighted by atomic mass is 9.80. The van der Waals surface area contributed by atoms with E-state index in [0.29, 0.717) is 36.0 Å². The minimum absolute atomic E-state index is 0.00507. The molecule has 9 heteroatoms. The number of aliphatic hydroxyl groups is 4. The van der Waals surface area contributed by atoms with Crippen LogP contribution in [0.1, 0.15) is 91.8 Å². The molecule has 1 saturated carbocycles. The van der Waals surface area contributed by atoms with Crippen molar-refractivity contribution in [2.45, 2.75) is 88.9 Å². The molecule has 4 aliphatic rings. The van der Waals surface area contributed by atoms with Crippen LogP contribution < -0.4 is 10.1 Å². The molecular weight excluding hydrogens is 632 g/mol. The molecule has 3 saturated heterocycles. The quantitative estimate of drug-likeness (QED) is 0.0839. The van der Waals surface area contributed by atoms with E-state index in [-0.39, 0.29) is 43.6 Å². The third kappa shape index (κ3) is 8.37. The average Bonchev–Trinajstić information content (AvgIpc) is 3.72. The lowest BCUT2D eigenvalue weighted by Gasteiger charge is -2.53. The van der Waals surface area contributed by atoms with Crippen molar-refractivity contribution in [3.8, 4) is 11.5 Å². The fraction of sp³-hybridized carbons (Fsp3) is 0.561. The first kappa shape index (κ1) is 36.8. The van der Waals surface area contributed by atoms with Gasteiger partial charge in [-0.25, -0.2) is 0 Å². The number of quaternary nitrogens is 1. The molecule has 0 aromatic heterocycles. The number of rotatable bonds is 17. The fourth-order valence-corrected chi connectivity index (χ4v) is 8.70. The van der Waals surface area contributed by atoms with Crippen molar-refractivity contribution < 1.29 is 39.5 Å². The van der Waals surface area contributed by atoms with Crippen LogP contribution in [0, 0.1) is 11.8 Å². The van der Waals surface area contributed by atoms with Gasteiger partial charge in [-0.05, 0) is 66.6 Å². The summed E-state index contributed by atoms with van der Waals surface area (Å²) in [5.41, 5.74) is 2.75.